The van der Waals surface area contributed by atoms with Gasteiger partial charge >= 0.3 is 6.18 Å². The Labute approximate surface area is 133 Å². The second-order valence-corrected chi connectivity index (χ2v) is 5.90. The molecule has 0 bridgehead atoms. The van der Waals surface area contributed by atoms with E-state index in [1.807, 2.05) is 17.5 Å². The van der Waals surface area contributed by atoms with E-state index in [1.165, 1.54) is 11.3 Å². The number of nitrogens with zero attached hydrogens (tertiary/aromatic N) is 3. The molecule has 1 amide bonds. The van der Waals surface area contributed by atoms with Gasteiger partial charge in [-0.1, -0.05) is 6.07 Å². The summed E-state index contributed by atoms with van der Waals surface area (Å²) < 4.78 is 43.0. The fraction of sp³-hybridized carbons (Fsp3) is 0.357. The molecule has 0 aliphatic carbocycles. The van der Waals surface area contributed by atoms with Gasteiger partial charge in [0.05, 0.1) is 18.7 Å². The van der Waals surface area contributed by atoms with Crippen molar-refractivity contribution in [3.8, 4) is 0 Å². The molecule has 1 saturated heterocycles. The zero-order valence-corrected chi connectivity index (χ0v) is 12.6. The number of thiophene rings is 1. The highest BCUT2D eigenvalue weighted by Crippen LogP contribution is 2.27. The maximum absolute atomic E-state index is 12.4. The number of hydrogen-bond donors (Lipinski definition) is 0. The van der Waals surface area contributed by atoms with E-state index in [4.69, 9.17) is 4.74 Å². The van der Waals surface area contributed by atoms with E-state index < -0.39 is 17.9 Å². The van der Waals surface area contributed by atoms with E-state index in [1.54, 1.807) is 4.90 Å². The summed E-state index contributed by atoms with van der Waals surface area (Å²) in [5, 5.41) is 1.92. The lowest BCUT2D eigenvalue weighted by molar-refractivity contribution is -0.145. The summed E-state index contributed by atoms with van der Waals surface area (Å²) in [4.78, 5) is 21.4. The first-order valence-corrected chi connectivity index (χ1v) is 7.66. The van der Waals surface area contributed by atoms with Crippen LogP contribution in [-0.2, 0) is 10.9 Å². The van der Waals surface area contributed by atoms with E-state index in [2.05, 4.69) is 9.97 Å². The summed E-state index contributed by atoms with van der Waals surface area (Å²) >= 11 is 1.53. The lowest BCUT2D eigenvalue weighted by atomic mass is 10.2. The van der Waals surface area contributed by atoms with Gasteiger partial charge in [-0.15, -0.1) is 11.3 Å². The van der Waals surface area contributed by atoms with Crippen LogP contribution in [0.3, 0.4) is 0 Å². The van der Waals surface area contributed by atoms with Crippen molar-refractivity contribution in [2.24, 2.45) is 0 Å². The van der Waals surface area contributed by atoms with Gasteiger partial charge in [-0.3, -0.25) is 4.79 Å². The first kappa shape index (κ1) is 15.9. The van der Waals surface area contributed by atoms with Gasteiger partial charge in [-0.25, -0.2) is 9.97 Å². The molecule has 0 spiro atoms. The van der Waals surface area contributed by atoms with E-state index in [9.17, 15) is 18.0 Å². The normalized spacial score (nSPS) is 18.9. The molecule has 0 saturated carbocycles. The second kappa shape index (κ2) is 6.25. The average Bonchev–Trinajstić information content (AvgIpc) is 3.08. The zero-order chi connectivity index (χ0) is 16.4. The van der Waals surface area contributed by atoms with Crippen LogP contribution in [-0.4, -0.2) is 40.5 Å². The van der Waals surface area contributed by atoms with Crippen LogP contribution in [0.25, 0.3) is 0 Å². The van der Waals surface area contributed by atoms with Crippen molar-refractivity contribution in [1.29, 1.82) is 0 Å². The van der Waals surface area contributed by atoms with Crippen molar-refractivity contribution >= 4 is 17.2 Å². The SMILES string of the molecule is O=C(c1cnc(C(F)(F)F)nc1)N1CCO[C@H](c2cccs2)C1. The van der Waals surface area contributed by atoms with Crippen LogP contribution in [0.4, 0.5) is 13.2 Å². The summed E-state index contributed by atoms with van der Waals surface area (Å²) in [6, 6.07) is 3.82. The highest BCUT2D eigenvalue weighted by molar-refractivity contribution is 7.10. The maximum Gasteiger partial charge on any atom is 0.451 e. The topological polar surface area (TPSA) is 55.3 Å². The van der Waals surface area contributed by atoms with Crippen LogP contribution in [0.15, 0.2) is 29.9 Å². The van der Waals surface area contributed by atoms with Crippen LogP contribution >= 0.6 is 11.3 Å². The smallest absolute Gasteiger partial charge is 0.369 e. The summed E-state index contributed by atoms with van der Waals surface area (Å²) in [7, 11) is 0. The summed E-state index contributed by atoms with van der Waals surface area (Å²) in [6.07, 6.45) is -3.02. The monoisotopic (exact) mass is 343 g/mol. The molecule has 1 fully saturated rings. The Bertz CT molecular complexity index is 674. The predicted molar refractivity (Wildman–Crippen MR) is 75.9 cm³/mol. The van der Waals surface area contributed by atoms with Gasteiger partial charge in [-0.2, -0.15) is 13.2 Å². The Morgan fingerprint density at radius 2 is 2.09 bits per heavy atom. The molecule has 2 aromatic heterocycles. The summed E-state index contributed by atoms with van der Waals surface area (Å²) in [5.41, 5.74) is 0.0322. The highest BCUT2D eigenvalue weighted by atomic mass is 32.1. The number of hydrogen-bond acceptors (Lipinski definition) is 5. The fourth-order valence-corrected chi connectivity index (χ4v) is 3.01. The second-order valence-electron chi connectivity index (χ2n) is 4.92. The Balaban J connectivity index is 1.72. The molecule has 3 heterocycles. The van der Waals surface area contributed by atoms with E-state index in [0.29, 0.717) is 19.7 Å². The van der Waals surface area contributed by atoms with Crippen molar-refractivity contribution in [2.75, 3.05) is 19.7 Å². The average molecular weight is 343 g/mol. The third-order valence-electron chi connectivity index (χ3n) is 3.37. The quantitative estimate of drug-likeness (QED) is 0.841. The molecule has 5 nitrogen and oxygen atoms in total. The molecule has 2 aromatic rings. The molecule has 0 aromatic carbocycles. The minimum atomic E-state index is -4.62. The number of halogens is 3. The Morgan fingerprint density at radius 3 is 2.70 bits per heavy atom. The first-order valence-electron chi connectivity index (χ1n) is 6.78. The molecule has 3 rings (SSSR count). The summed E-state index contributed by atoms with van der Waals surface area (Å²) in [6.45, 7) is 1.10. The number of amides is 1. The molecular formula is C14H12F3N3O2S. The van der Waals surface area contributed by atoms with Crippen LogP contribution in [0.1, 0.15) is 27.2 Å². The largest absolute Gasteiger partial charge is 0.451 e. The Hall–Kier alpha value is -2.00. The van der Waals surface area contributed by atoms with Crippen molar-refractivity contribution in [3.05, 3.63) is 46.2 Å². The first-order chi connectivity index (χ1) is 10.9. The van der Waals surface area contributed by atoms with Crippen molar-refractivity contribution < 1.29 is 22.7 Å². The van der Waals surface area contributed by atoms with E-state index >= 15 is 0 Å². The van der Waals surface area contributed by atoms with Gasteiger partial charge in [0.15, 0.2) is 0 Å². The third kappa shape index (κ3) is 3.50. The van der Waals surface area contributed by atoms with Gasteiger partial charge in [0.25, 0.3) is 5.91 Å². The van der Waals surface area contributed by atoms with Gasteiger partial charge < -0.3 is 9.64 Å². The number of morpholine rings is 1. The molecule has 1 aliphatic rings. The predicted octanol–water partition coefficient (Wildman–Crippen LogP) is 2.77. The number of alkyl halides is 3. The summed E-state index contributed by atoms with van der Waals surface area (Å²) in [5.74, 6) is -1.66. The molecule has 1 aliphatic heterocycles. The Kier molecular flexibility index (Phi) is 4.31. The van der Waals surface area contributed by atoms with Gasteiger partial charge in [0, 0.05) is 23.8 Å². The van der Waals surface area contributed by atoms with Gasteiger partial charge in [0.2, 0.25) is 5.82 Å². The fourth-order valence-electron chi connectivity index (χ4n) is 2.25. The lowest BCUT2D eigenvalue weighted by Gasteiger charge is -2.32. The molecule has 1 atom stereocenters. The highest BCUT2D eigenvalue weighted by Gasteiger charge is 2.35. The number of aromatic nitrogens is 2. The van der Waals surface area contributed by atoms with Crippen LogP contribution in [0.5, 0.6) is 0 Å². The number of rotatable bonds is 2. The third-order valence-corrected chi connectivity index (χ3v) is 4.33. The van der Waals surface area contributed by atoms with Crippen LogP contribution in [0.2, 0.25) is 0 Å². The molecule has 23 heavy (non-hydrogen) atoms. The molecule has 0 unspecified atom stereocenters. The molecule has 122 valence electrons. The number of ether oxygens (including phenoxy) is 1. The van der Waals surface area contributed by atoms with Crippen molar-refractivity contribution in [2.45, 2.75) is 12.3 Å². The lowest BCUT2D eigenvalue weighted by Crippen LogP contribution is -2.42. The van der Waals surface area contributed by atoms with Crippen LogP contribution in [0, 0.1) is 0 Å². The standard InChI is InChI=1S/C14H12F3N3O2S/c15-14(16,17)13-18-6-9(7-19-13)12(21)20-3-4-22-10(8-20)11-2-1-5-23-11/h1-2,5-7,10H,3-4,8H2/t10-/m0/s1. The van der Waals surface area contributed by atoms with Gasteiger partial charge in [0.1, 0.15) is 6.10 Å². The molecular weight excluding hydrogens is 331 g/mol. The number of carbonyl (C=O) groups is 1. The minimum Gasteiger partial charge on any atom is -0.369 e. The van der Waals surface area contributed by atoms with E-state index in [-0.39, 0.29) is 11.7 Å². The van der Waals surface area contributed by atoms with Crippen molar-refractivity contribution in [3.63, 3.8) is 0 Å². The van der Waals surface area contributed by atoms with Crippen LogP contribution < -0.4 is 0 Å². The van der Waals surface area contributed by atoms with Gasteiger partial charge in [-0.05, 0) is 11.4 Å². The molecule has 9 heteroatoms. The Morgan fingerprint density at radius 1 is 1.35 bits per heavy atom. The number of carbonyl (C=O) groups excluding carboxylic acids is 1. The molecule has 0 N–H and O–H groups in total. The minimum absolute atomic E-state index is 0.0322. The van der Waals surface area contributed by atoms with E-state index in [0.717, 1.165) is 17.3 Å². The zero-order valence-electron chi connectivity index (χ0n) is 11.8. The maximum atomic E-state index is 12.4. The molecule has 0 radical (unpaired) electrons. The van der Waals surface area contributed by atoms with Crippen molar-refractivity contribution in [1.82, 2.24) is 14.9 Å².